The van der Waals surface area contributed by atoms with Gasteiger partial charge in [0, 0.05) is 29.9 Å². The first-order valence-corrected chi connectivity index (χ1v) is 8.80. The molecule has 0 saturated heterocycles. The Bertz CT molecular complexity index is 812. The topological polar surface area (TPSA) is 76.9 Å². The number of nitrogens with one attached hydrogen (secondary N) is 1. The number of carbonyl (C=O) groups excluding carboxylic acids is 1. The van der Waals surface area contributed by atoms with Gasteiger partial charge in [-0.3, -0.25) is 19.1 Å². The van der Waals surface area contributed by atoms with Gasteiger partial charge in [-0.05, 0) is 12.1 Å². The van der Waals surface area contributed by atoms with E-state index in [1.54, 1.807) is 35.2 Å². The highest BCUT2D eigenvalue weighted by atomic mass is 32.2. The van der Waals surface area contributed by atoms with Crippen molar-refractivity contribution < 1.29 is 4.79 Å². The molecule has 0 bridgehead atoms. The van der Waals surface area contributed by atoms with Crippen molar-refractivity contribution in [1.82, 2.24) is 14.5 Å². The average Bonchev–Trinajstić information content (AvgIpc) is 2.90. The van der Waals surface area contributed by atoms with Crippen molar-refractivity contribution in [3.05, 3.63) is 46.6 Å². The molecule has 3 rings (SSSR count). The van der Waals surface area contributed by atoms with Crippen molar-refractivity contribution in [3.8, 4) is 0 Å². The van der Waals surface area contributed by atoms with E-state index < -0.39 is 0 Å². The van der Waals surface area contributed by atoms with Crippen molar-refractivity contribution >= 4 is 23.4 Å². The zero-order chi connectivity index (χ0) is 17.3. The first kappa shape index (κ1) is 16.7. The molecule has 0 saturated carbocycles. The normalized spacial score (nSPS) is 16.7. The summed E-state index contributed by atoms with van der Waals surface area (Å²) in [5.41, 5.74) is 1.17. The largest absolute Gasteiger partial charge is 0.325 e. The van der Waals surface area contributed by atoms with Crippen LogP contribution in [0.4, 0.5) is 5.69 Å². The zero-order valence-electron chi connectivity index (χ0n) is 13.9. The molecule has 7 heteroatoms. The second-order valence-electron chi connectivity index (χ2n) is 6.84. The predicted molar refractivity (Wildman–Crippen MR) is 94.4 cm³/mol. The minimum atomic E-state index is -0.176. The number of anilines is 1. The van der Waals surface area contributed by atoms with Crippen molar-refractivity contribution in [2.24, 2.45) is 0 Å². The third-order valence-electron chi connectivity index (χ3n) is 3.82. The predicted octanol–water partition coefficient (Wildman–Crippen LogP) is 2.61. The summed E-state index contributed by atoms with van der Waals surface area (Å²) in [5, 5.41) is 3.51. The van der Waals surface area contributed by atoms with Gasteiger partial charge in [0.2, 0.25) is 5.91 Å². The monoisotopic (exact) mass is 344 g/mol. The number of hydrogen-bond donors (Lipinski definition) is 1. The summed E-state index contributed by atoms with van der Waals surface area (Å²) in [5.74, 6) is 0.546. The summed E-state index contributed by atoms with van der Waals surface area (Å²) in [7, 11) is 0. The van der Waals surface area contributed by atoms with Crippen LogP contribution in [-0.4, -0.2) is 26.2 Å². The lowest BCUT2D eigenvalue weighted by molar-refractivity contribution is -0.116. The van der Waals surface area contributed by atoms with E-state index in [1.165, 1.54) is 11.8 Å². The molecule has 0 aromatic carbocycles. The molecule has 0 radical (unpaired) electrons. The molecule has 1 N–H and O–H groups in total. The molecule has 0 spiro atoms. The van der Waals surface area contributed by atoms with Crippen molar-refractivity contribution in [1.29, 1.82) is 0 Å². The zero-order valence-corrected chi connectivity index (χ0v) is 14.8. The highest BCUT2D eigenvalue weighted by Crippen LogP contribution is 2.33. The molecule has 126 valence electrons. The highest BCUT2D eigenvalue weighted by molar-refractivity contribution is 7.99. The van der Waals surface area contributed by atoms with Gasteiger partial charge in [0.05, 0.1) is 23.6 Å². The maximum atomic E-state index is 12.5. The third-order valence-corrected chi connectivity index (χ3v) is 4.92. The average molecular weight is 344 g/mol. The Labute approximate surface area is 144 Å². The van der Waals surface area contributed by atoms with Gasteiger partial charge < -0.3 is 5.32 Å². The summed E-state index contributed by atoms with van der Waals surface area (Å²) in [4.78, 5) is 33.3. The standard InChI is InChI=1S/C17H20N4O2S/c1-17(2,3)13-8-15(23)21-12(10-24-16(21)20-13)7-14(22)19-11-5-4-6-18-9-11/h4-6,8-9,12H,7,10H2,1-3H3,(H,19,22). The van der Waals surface area contributed by atoms with E-state index in [0.29, 0.717) is 16.6 Å². The minimum absolute atomic E-state index is 0.0888. The number of carbonyl (C=O) groups is 1. The molecule has 1 atom stereocenters. The van der Waals surface area contributed by atoms with Crippen LogP contribution in [0.15, 0.2) is 40.5 Å². The Kier molecular flexibility index (Phi) is 4.45. The van der Waals surface area contributed by atoms with Crippen LogP contribution in [0.3, 0.4) is 0 Å². The van der Waals surface area contributed by atoms with Crippen LogP contribution in [0, 0.1) is 0 Å². The molecular weight excluding hydrogens is 324 g/mol. The van der Waals surface area contributed by atoms with Gasteiger partial charge in [0.25, 0.3) is 5.56 Å². The number of rotatable bonds is 3. The lowest BCUT2D eigenvalue weighted by atomic mass is 9.92. The van der Waals surface area contributed by atoms with Crippen LogP contribution in [0.5, 0.6) is 0 Å². The van der Waals surface area contributed by atoms with Gasteiger partial charge in [-0.2, -0.15) is 0 Å². The van der Waals surface area contributed by atoms with E-state index in [2.05, 4.69) is 15.3 Å². The van der Waals surface area contributed by atoms with Gasteiger partial charge in [-0.25, -0.2) is 4.98 Å². The maximum Gasteiger partial charge on any atom is 0.254 e. The second-order valence-corrected chi connectivity index (χ2v) is 7.83. The smallest absolute Gasteiger partial charge is 0.254 e. The van der Waals surface area contributed by atoms with Crippen molar-refractivity contribution in [2.45, 2.75) is 43.8 Å². The van der Waals surface area contributed by atoms with Crippen LogP contribution >= 0.6 is 11.8 Å². The third kappa shape index (κ3) is 3.51. The lowest BCUT2D eigenvalue weighted by Gasteiger charge is -2.19. The molecule has 1 unspecified atom stereocenters. The quantitative estimate of drug-likeness (QED) is 0.866. The van der Waals surface area contributed by atoms with Crippen LogP contribution < -0.4 is 10.9 Å². The molecule has 1 aliphatic heterocycles. The van der Waals surface area contributed by atoms with E-state index in [-0.39, 0.29) is 29.3 Å². The fourth-order valence-corrected chi connectivity index (χ4v) is 3.70. The van der Waals surface area contributed by atoms with Crippen LogP contribution in [0.2, 0.25) is 0 Å². The number of aromatic nitrogens is 3. The molecule has 1 aliphatic rings. The number of thioether (sulfide) groups is 1. The first-order valence-electron chi connectivity index (χ1n) is 7.81. The van der Waals surface area contributed by atoms with Gasteiger partial charge in [0.1, 0.15) is 0 Å². The van der Waals surface area contributed by atoms with Crippen LogP contribution in [-0.2, 0) is 10.2 Å². The van der Waals surface area contributed by atoms with E-state index in [0.717, 1.165) is 5.69 Å². The van der Waals surface area contributed by atoms with Crippen molar-refractivity contribution in [3.63, 3.8) is 0 Å². The number of pyridine rings is 1. The Morgan fingerprint density at radius 2 is 2.25 bits per heavy atom. The molecule has 0 fully saturated rings. The Morgan fingerprint density at radius 3 is 2.92 bits per heavy atom. The Hall–Kier alpha value is -2.15. The number of fused-ring (bicyclic) bond motifs is 1. The second kappa shape index (κ2) is 6.39. The summed E-state index contributed by atoms with van der Waals surface area (Å²) < 4.78 is 1.64. The van der Waals surface area contributed by atoms with Gasteiger partial charge >= 0.3 is 0 Å². The van der Waals surface area contributed by atoms with Crippen LogP contribution in [0.25, 0.3) is 0 Å². The van der Waals surface area contributed by atoms with Gasteiger partial charge in [-0.1, -0.05) is 32.5 Å². The number of nitrogens with zero attached hydrogens (tertiary/aromatic N) is 3. The van der Waals surface area contributed by atoms with E-state index >= 15 is 0 Å². The first-order chi connectivity index (χ1) is 11.3. The molecule has 1 amide bonds. The molecule has 3 heterocycles. The van der Waals surface area contributed by atoms with Crippen LogP contribution in [0.1, 0.15) is 38.9 Å². The van der Waals surface area contributed by atoms with Gasteiger partial charge in [0.15, 0.2) is 5.16 Å². The highest BCUT2D eigenvalue weighted by Gasteiger charge is 2.29. The SMILES string of the molecule is CC(C)(C)c1cc(=O)n2c(n1)SCC2CC(=O)Nc1cccnc1. The summed E-state index contributed by atoms with van der Waals surface area (Å²) in [6, 6.07) is 4.96. The maximum absolute atomic E-state index is 12.5. The molecule has 24 heavy (non-hydrogen) atoms. The summed E-state index contributed by atoms with van der Waals surface area (Å²) in [6.07, 6.45) is 3.49. The fourth-order valence-electron chi connectivity index (χ4n) is 2.55. The van der Waals surface area contributed by atoms with E-state index in [4.69, 9.17) is 0 Å². The summed E-state index contributed by atoms with van der Waals surface area (Å²) >= 11 is 1.53. The fraction of sp³-hybridized carbons (Fsp3) is 0.412. The Morgan fingerprint density at radius 1 is 1.46 bits per heavy atom. The molecule has 2 aromatic heterocycles. The van der Waals surface area contributed by atoms with E-state index in [9.17, 15) is 9.59 Å². The van der Waals surface area contributed by atoms with E-state index in [1.807, 2.05) is 20.8 Å². The molecule has 2 aromatic rings. The molecule has 6 nitrogen and oxygen atoms in total. The van der Waals surface area contributed by atoms with Crippen molar-refractivity contribution in [2.75, 3.05) is 11.1 Å². The number of hydrogen-bond acceptors (Lipinski definition) is 5. The van der Waals surface area contributed by atoms with Gasteiger partial charge in [-0.15, -0.1) is 0 Å². The number of amides is 1. The Balaban J connectivity index is 1.78. The molecule has 0 aliphatic carbocycles. The summed E-state index contributed by atoms with van der Waals surface area (Å²) in [6.45, 7) is 6.10. The minimum Gasteiger partial charge on any atom is -0.325 e. The lowest BCUT2D eigenvalue weighted by Crippen LogP contribution is -2.29. The molecular formula is C17H20N4O2S.